The quantitative estimate of drug-likeness (QED) is 0.625. The smallest absolute Gasteiger partial charge is 0.0813 e. The highest BCUT2D eigenvalue weighted by atomic mass is 16.3. The first-order valence-corrected chi connectivity index (χ1v) is 10.8. The zero-order valence-corrected chi connectivity index (χ0v) is 16.1. The Kier molecular flexibility index (Phi) is 2.92. The van der Waals surface area contributed by atoms with Crippen LogP contribution in [0.5, 0.6) is 0 Å². The van der Waals surface area contributed by atoms with Gasteiger partial charge in [0, 0.05) is 29.3 Å². The van der Waals surface area contributed by atoms with Gasteiger partial charge in [-0.2, -0.15) is 0 Å². The minimum Gasteiger partial charge on any atom is -0.392 e. The van der Waals surface area contributed by atoms with Crippen LogP contribution < -0.4 is 0 Å². The van der Waals surface area contributed by atoms with Crippen LogP contribution in [-0.2, 0) is 0 Å². The van der Waals surface area contributed by atoms with Gasteiger partial charge in [-0.1, -0.05) is 20.4 Å². The van der Waals surface area contributed by atoms with Crippen LogP contribution in [0.3, 0.4) is 0 Å². The highest BCUT2D eigenvalue weighted by Gasteiger charge is 2.85. The van der Waals surface area contributed by atoms with E-state index in [0.29, 0.717) is 17.9 Å². The second-order valence-electron chi connectivity index (χ2n) is 10.9. The molecular weight excluding hydrogens is 326 g/mol. The summed E-state index contributed by atoms with van der Waals surface area (Å²) in [7, 11) is 0. The SMILES string of the molecule is C=C1[C@H]2C[C@@]3(C4C[C@@H]5[C@@]6(C)CC[C@H](O)[C@]5([C@@H]3C[C@H]2O)[C@@H]4N(CC)C6)[C@@H]1O. The predicted octanol–water partition coefficient (Wildman–Crippen LogP) is 1.79. The van der Waals surface area contributed by atoms with Crippen molar-refractivity contribution in [2.24, 2.45) is 39.9 Å². The minimum absolute atomic E-state index is 0.0547. The summed E-state index contributed by atoms with van der Waals surface area (Å²) in [6.45, 7) is 11.1. The van der Waals surface area contributed by atoms with Crippen LogP contribution in [0.2, 0.25) is 0 Å². The minimum atomic E-state index is -0.500. The van der Waals surface area contributed by atoms with Gasteiger partial charge < -0.3 is 15.3 Å². The maximum atomic E-state index is 11.5. The van der Waals surface area contributed by atoms with Crippen molar-refractivity contribution in [3.05, 3.63) is 12.2 Å². The van der Waals surface area contributed by atoms with E-state index in [4.69, 9.17) is 0 Å². The van der Waals surface area contributed by atoms with Crippen LogP contribution >= 0.6 is 0 Å². The van der Waals surface area contributed by atoms with E-state index in [-0.39, 0.29) is 34.2 Å². The summed E-state index contributed by atoms with van der Waals surface area (Å²) in [5.41, 5.74) is 0.849. The van der Waals surface area contributed by atoms with E-state index >= 15 is 0 Å². The standard InChI is InChI=1S/C22H33NO3/c1-4-23-10-20(3)6-5-17(25)22-15(20)7-13(18(22)23)21-9-12(11(2)19(21)26)14(24)8-16(21)22/h12-19,24-26H,2,4-10H2,1,3H3/t12-,13?,14-,15-,16-,17+,18-,19-,20+,21+,22+/m1/s1. The Morgan fingerprint density at radius 3 is 2.69 bits per heavy atom. The first kappa shape index (κ1) is 16.5. The maximum Gasteiger partial charge on any atom is 0.0813 e. The molecule has 0 aromatic rings. The number of hydrogen-bond donors (Lipinski definition) is 3. The van der Waals surface area contributed by atoms with Crippen molar-refractivity contribution in [3.8, 4) is 0 Å². The number of fused-ring (bicyclic) bond motifs is 1. The lowest BCUT2D eigenvalue weighted by atomic mass is 9.43. The lowest BCUT2D eigenvalue weighted by Gasteiger charge is -2.65. The fraction of sp³-hybridized carbons (Fsp3) is 0.909. The van der Waals surface area contributed by atoms with Gasteiger partial charge in [0.05, 0.1) is 18.3 Å². The monoisotopic (exact) mass is 359 g/mol. The molecule has 5 aliphatic carbocycles. The molecule has 1 aliphatic heterocycles. The maximum absolute atomic E-state index is 11.5. The molecule has 2 spiro atoms. The van der Waals surface area contributed by atoms with Gasteiger partial charge in [-0.3, -0.25) is 4.90 Å². The summed E-state index contributed by atoms with van der Waals surface area (Å²) in [6.07, 6.45) is 3.58. The number of aliphatic hydroxyl groups excluding tert-OH is 3. The second-order valence-corrected chi connectivity index (χ2v) is 10.9. The molecule has 6 aliphatic rings. The molecule has 5 saturated carbocycles. The number of nitrogens with zero attached hydrogens (tertiary/aromatic N) is 1. The van der Waals surface area contributed by atoms with Gasteiger partial charge in [-0.25, -0.2) is 0 Å². The van der Waals surface area contributed by atoms with E-state index in [0.717, 1.165) is 50.8 Å². The Bertz CT molecular complexity index is 695. The molecule has 0 radical (unpaired) electrons. The van der Waals surface area contributed by atoms with E-state index in [2.05, 4.69) is 25.3 Å². The van der Waals surface area contributed by atoms with Crippen LogP contribution in [0.25, 0.3) is 0 Å². The fourth-order valence-corrected chi connectivity index (χ4v) is 9.97. The first-order valence-electron chi connectivity index (χ1n) is 10.8. The Morgan fingerprint density at radius 2 is 1.96 bits per heavy atom. The molecule has 7 bridgehead atoms. The van der Waals surface area contributed by atoms with E-state index < -0.39 is 12.2 Å². The third kappa shape index (κ3) is 1.37. The van der Waals surface area contributed by atoms with Crippen LogP contribution in [0.4, 0.5) is 0 Å². The molecule has 1 heterocycles. The Hall–Kier alpha value is -0.420. The van der Waals surface area contributed by atoms with Gasteiger partial charge in [0.2, 0.25) is 0 Å². The molecule has 11 atom stereocenters. The molecule has 0 aromatic carbocycles. The molecule has 6 rings (SSSR count). The van der Waals surface area contributed by atoms with Crippen molar-refractivity contribution in [1.29, 1.82) is 0 Å². The van der Waals surface area contributed by atoms with Crippen LogP contribution in [0.1, 0.15) is 46.0 Å². The Morgan fingerprint density at radius 1 is 1.19 bits per heavy atom. The van der Waals surface area contributed by atoms with Gasteiger partial charge in [-0.05, 0) is 67.4 Å². The average molecular weight is 360 g/mol. The molecule has 1 saturated heterocycles. The summed E-state index contributed by atoms with van der Waals surface area (Å²) in [6, 6.07) is 0.373. The van der Waals surface area contributed by atoms with Crippen molar-refractivity contribution in [2.45, 2.75) is 70.3 Å². The third-order valence-electron chi connectivity index (χ3n) is 10.6. The molecule has 0 aromatic heterocycles. The van der Waals surface area contributed by atoms with Crippen molar-refractivity contribution in [1.82, 2.24) is 4.90 Å². The van der Waals surface area contributed by atoms with Crippen molar-refractivity contribution < 1.29 is 15.3 Å². The van der Waals surface area contributed by atoms with Crippen LogP contribution in [0.15, 0.2) is 12.2 Å². The van der Waals surface area contributed by atoms with E-state index in [9.17, 15) is 15.3 Å². The summed E-state index contributed by atoms with van der Waals surface area (Å²) in [4.78, 5) is 2.65. The Labute approximate surface area is 156 Å². The van der Waals surface area contributed by atoms with Gasteiger partial charge in [0.1, 0.15) is 0 Å². The summed E-state index contributed by atoms with van der Waals surface area (Å²) in [5.74, 6) is 1.26. The first-order chi connectivity index (χ1) is 12.3. The van der Waals surface area contributed by atoms with Crippen molar-refractivity contribution >= 4 is 0 Å². The van der Waals surface area contributed by atoms with Crippen LogP contribution in [-0.4, -0.2) is 57.7 Å². The molecule has 26 heavy (non-hydrogen) atoms. The van der Waals surface area contributed by atoms with Gasteiger partial charge in [-0.15, -0.1) is 0 Å². The molecule has 3 N–H and O–H groups in total. The van der Waals surface area contributed by atoms with Gasteiger partial charge >= 0.3 is 0 Å². The lowest BCUT2D eigenvalue weighted by Crippen LogP contribution is -2.68. The highest BCUT2D eigenvalue weighted by Crippen LogP contribution is 2.83. The molecule has 4 heteroatoms. The molecule has 1 unspecified atom stereocenters. The van der Waals surface area contributed by atoms with E-state index in [1.807, 2.05) is 0 Å². The topological polar surface area (TPSA) is 63.9 Å². The van der Waals surface area contributed by atoms with Crippen molar-refractivity contribution in [3.63, 3.8) is 0 Å². The van der Waals surface area contributed by atoms with E-state index in [1.165, 1.54) is 0 Å². The molecule has 0 amide bonds. The van der Waals surface area contributed by atoms with Gasteiger partial charge in [0.25, 0.3) is 0 Å². The zero-order chi connectivity index (χ0) is 18.2. The molecule has 6 fully saturated rings. The zero-order valence-electron chi connectivity index (χ0n) is 16.1. The van der Waals surface area contributed by atoms with Crippen molar-refractivity contribution in [2.75, 3.05) is 13.1 Å². The number of likely N-dealkylation sites (tertiary alicyclic amines) is 1. The van der Waals surface area contributed by atoms with Gasteiger partial charge in [0.15, 0.2) is 0 Å². The molecule has 144 valence electrons. The summed E-state index contributed by atoms with van der Waals surface area (Å²) >= 11 is 0. The normalized spacial score (nSPS) is 65.5. The van der Waals surface area contributed by atoms with E-state index in [1.54, 1.807) is 0 Å². The summed E-state index contributed by atoms with van der Waals surface area (Å²) in [5, 5.41) is 33.8. The number of rotatable bonds is 1. The molecule has 4 nitrogen and oxygen atoms in total. The average Bonchev–Trinajstić information content (AvgIpc) is 3.14. The number of piperidine rings is 1. The number of aliphatic hydroxyl groups is 3. The largest absolute Gasteiger partial charge is 0.392 e. The lowest BCUT2D eigenvalue weighted by molar-refractivity contribution is -0.218. The van der Waals surface area contributed by atoms with Crippen LogP contribution in [0, 0.1) is 39.9 Å². The number of hydrogen-bond acceptors (Lipinski definition) is 4. The predicted molar refractivity (Wildman–Crippen MR) is 98.2 cm³/mol. The Balaban J connectivity index is 1.61. The fourth-order valence-electron chi connectivity index (χ4n) is 9.97. The highest BCUT2D eigenvalue weighted by molar-refractivity contribution is 5.39. The molecular formula is C22H33NO3. The third-order valence-corrected chi connectivity index (χ3v) is 10.6. The second kappa shape index (κ2) is 4.59. The summed E-state index contributed by atoms with van der Waals surface area (Å²) < 4.78 is 0.